The summed E-state index contributed by atoms with van der Waals surface area (Å²) in [6, 6.07) is 1.94. The third-order valence-corrected chi connectivity index (χ3v) is 1.97. The molecule has 0 unspecified atom stereocenters. The zero-order valence-corrected chi connectivity index (χ0v) is 8.86. The monoisotopic (exact) mass is 201 g/mol. The standard InChI is InChI=1S/C10H15NO.ClH/c1-4-5-9(11)10-6-7(2)8(3)12-10;/h4,6,9H,1,5,11H2,2-3H3;1H/t9-;/m1./s1. The van der Waals surface area contributed by atoms with Crippen molar-refractivity contribution < 1.29 is 4.42 Å². The van der Waals surface area contributed by atoms with E-state index < -0.39 is 0 Å². The van der Waals surface area contributed by atoms with Crippen LogP contribution in [0, 0.1) is 13.8 Å². The van der Waals surface area contributed by atoms with Crippen LogP contribution in [0.15, 0.2) is 23.1 Å². The maximum atomic E-state index is 5.82. The minimum atomic E-state index is -0.0464. The van der Waals surface area contributed by atoms with Gasteiger partial charge < -0.3 is 10.2 Å². The Labute approximate surface area is 85.2 Å². The molecular formula is C10H16ClNO. The smallest absolute Gasteiger partial charge is 0.121 e. The molecule has 1 rings (SSSR count). The Morgan fingerprint density at radius 2 is 2.23 bits per heavy atom. The lowest BCUT2D eigenvalue weighted by molar-refractivity contribution is 0.446. The summed E-state index contributed by atoms with van der Waals surface area (Å²) in [5.41, 5.74) is 6.98. The molecule has 0 bridgehead atoms. The number of aryl methyl sites for hydroxylation is 2. The number of rotatable bonds is 3. The van der Waals surface area contributed by atoms with Crippen LogP contribution in [0.25, 0.3) is 0 Å². The molecule has 74 valence electrons. The predicted octanol–water partition coefficient (Wildman–Crippen LogP) is 2.89. The van der Waals surface area contributed by atoms with Gasteiger partial charge in [-0.25, -0.2) is 0 Å². The SMILES string of the molecule is C=CC[C@@H](N)c1cc(C)c(C)o1.Cl. The fourth-order valence-electron chi connectivity index (χ4n) is 1.08. The van der Waals surface area contributed by atoms with Gasteiger partial charge >= 0.3 is 0 Å². The molecule has 13 heavy (non-hydrogen) atoms. The molecule has 3 heteroatoms. The van der Waals surface area contributed by atoms with Gasteiger partial charge in [0.1, 0.15) is 11.5 Å². The van der Waals surface area contributed by atoms with Crippen LogP contribution in [0.4, 0.5) is 0 Å². The molecule has 1 aromatic rings. The lowest BCUT2D eigenvalue weighted by atomic mass is 10.1. The summed E-state index contributed by atoms with van der Waals surface area (Å²) < 4.78 is 5.46. The van der Waals surface area contributed by atoms with E-state index in [0.29, 0.717) is 0 Å². The highest BCUT2D eigenvalue weighted by Gasteiger charge is 2.09. The molecule has 0 aromatic carbocycles. The fourth-order valence-corrected chi connectivity index (χ4v) is 1.08. The Morgan fingerprint density at radius 1 is 1.62 bits per heavy atom. The summed E-state index contributed by atoms with van der Waals surface area (Å²) in [6.07, 6.45) is 2.56. The van der Waals surface area contributed by atoms with Gasteiger partial charge in [0, 0.05) is 0 Å². The van der Waals surface area contributed by atoms with Gasteiger partial charge in [0.05, 0.1) is 6.04 Å². The molecule has 0 radical (unpaired) electrons. The first kappa shape index (κ1) is 12.3. The molecule has 0 spiro atoms. The van der Waals surface area contributed by atoms with Crippen molar-refractivity contribution >= 4 is 12.4 Å². The first-order chi connectivity index (χ1) is 5.65. The Morgan fingerprint density at radius 3 is 2.62 bits per heavy atom. The minimum absolute atomic E-state index is 0. The number of furan rings is 1. The third kappa shape index (κ3) is 2.90. The summed E-state index contributed by atoms with van der Waals surface area (Å²) in [6.45, 7) is 7.59. The van der Waals surface area contributed by atoms with Crippen LogP contribution in [0.3, 0.4) is 0 Å². The molecule has 0 fully saturated rings. The molecule has 0 aliphatic rings. The highest BCUT2D eigenvalue weighted by atomic mass is 35.5. The summed E-state index contributed by atoms with van der Waals surface area (Å²) >= 11 is 0. The minimum Gasteiger partial charge on any atom is -0.464 e. The largest absolute Gasteiger partial charge is 0.464 e. The van der Waals surface area contributed by atoms with Gasteiger partial charge in [0.15, 0.2) is 0 Å². The normalized spacial score (nSPS) is 11.9. The first-order valence-corrected chi connectivity index (χ1v) is 4.08. The number of hydrogen-bond acceptors (Lipinski definition) is 2. The number of halogens is 1. The van der Waals surface area contributed by atoms with Crippen LogP contribution in [-0.4, -0.2) is 0 Å². The van der Waals surface area contributed by atoms with E-state index in [-0.39, 0.29) is 18.4 Å². The van der Waals surface area contributed by atoms with E-state index in [4.69, 9.17) is 10.2 Å². The van der Waals surface area contributed by atoms with Crippen molar-refractivity contribution in [3.8, 4) is 0 Å². The summed E-state index contributed by atoms with van der Waals surface area (Å²) in [5, 5.41) is 0. The first-order valence-electron chi connectivity index (χ1n) is 4.08. The van der Waals surface area contributed by atoms with Crippen LogP contribution in [0.1, 0.15) is 29.5 Å². The van der Waals surface area contributed by atoms with E-state index in [1.54, 1.807) is 6.08 Å². The zero-order valence-electron chi connectivity index (χ0n) is 8.04. The van der Waals surface area contributed by atoms with Crippen molar-refractivity contribution in [2.24, 2.45) is 5.73 Å². The Kier molecular flexibility index (Phi) is 4.81. The van der Waals surface area contributed by atoms with Crippen LogP contribution in [-0.2, 0) is 0 Å². The van der Waals surface area contributed by atoms with E-state index in [2.05, 4.69) is 6.58 Å². The van der Waals surface area contributed by atoms with Crippen LogP contribution in [0.2, 0.25) is 0 Å². The van der Waals surface area contributed by atoms with E-state index >= 15 is 0 Å². The highest BCUT2D eigenvalue weighted by molar-refractivity contribution is 5.85. The Balaban J connectivity index is 0.00000144. The van der Waals surface area contributed by atoms with Gasteiger partial charge in [-0.3, -0.25) is 0 Å². The van der Waals surface area contributed by atoms with E-state index in [1.807, 2.05) is 19.9 Å². The van der Waals surface area contributed by atoms with Crippen molar-refractivity contribution in [2.45, 2.75) is 26.3 Å². The lowest BCUT2D eigenvalue weighted by Gasteiger charge is -2.03. The second-order valence-electron chi connectivity index (χ2n) is 3.02. The summed E-state index contributed by atoms with van der Waals surface area (Å²) in [5.74, 6) is 1.80. The van der Waals surface area contributed by atoms with Crippen molar-refractivity contribution in [2.75, 3.05) is 0 Å². The van der Waals surface area contributed by atoms with Crippen molar-refractivity contribution in [1.29, 1.82) is 0 Å². The maximum absolute atomic E-state index is 5.82. The maximum Gasteiger partial charge on any atom is 0.121 e. The van der Waals surface area contributed by atoms with Gasteiger partial charge in [0.2, 0.25) is 0 Å². The quantitative estimate of drug-likeness (QED) is 0.764. The Bertz CT molecular complexity index is 261. The average molecular weight is 202 g/mol. The molecule has 0 aliphatic carbocycles. The molecule has 1 atom stereocenters. The summed E-state index contributed by atoms with van der Waals surface area (Å²) in [4.78, 5) is 0. The van der Waals surface area contributed by atoms with E-state index in [0.717, 1.165) is 23.5 Å². The topological polar surface area (TPSA) is 39.2 Å². The van der Waals surface area contributed by atoms with E-state index in [1.165, 1.54) is 0 Å². The highest BCUT2D eigenvalue weighted by Crippen LogP contribution is 2.20. The van der Waals surface area contributed by atoms with Gasteiger partial charge in [-0.05, 0) is 31.9 Å². The summed E-state index contributed by atoms with van der Waals surface area (Å²) in [7, 11) is 0. The van der Waals surface area contributed by atoms with Gasteiger partial charge in [-0.2, -0.15) is 0 Å². The Hall–Kier alpha value is -0.730. The van der Waals surface area contributed by atoms with Gasteiger partial charge in [0.25, 0.3) is 0 Å². The predicted molar refractivity (Wildman–Crippen MR) is 57.2 cm³/mol. The molecule has 1 heterocycles. The average Bonchev–Trinajstić information content (AvgIpc) is 2.33. The van der Waals surface area contributed by atoms with Crippen molar-refractivity contribution in [3.05, 3.63) is 35.8 Å². The lowest BCUT2D eigenvalue weighted by Crippen LogP contribution is -2.07. The molecule has 0 aliphatic heterocycles. The van der Waals surface area contributed by atoms with Crippen LogP contribution >= 0.6 is 12.4 Å². The second kappa shape index (κ2) is 5.10. The van der Waals surface area contributed by atoms with Crippen LogP contribution in [0.5, 0.6) is 0 Å². The number of nitrogens with two attached hydrogens (primary N) is 1. The molecule has 0 saturated heterocycles. The molecule has 0 amide bonds. The molecule has 0 saturated carbocycles. The van der Waals surface area contributed by atoms with Crippen molar-refractivity contribution in [3.63, 3.8) is 0 Å². The van der Waals surface area contributed by atoms with Gasteiger partial charge in [-0.15, -0.1) is 19.0 Å². The van der Waals surface area contributed by atoms with Gasteiger partial charge in [-0.1, -0.05) is 6.08 Å². The molecule has 2 N–H and O–H groups in total. The van der Waals surface area contributed by atoms with Crippen LogP contribution < -0.4 is 5.73 Å². The third-order valence-electron chi connectivity index (χ3n) is 1.97. The molecule has 2 nitrogen and oxygen atoms in total. The van der Waals surface area contributed by atoms with Crippen molar-refractivity contribution in [1.82, 2.24) is 0 Å². The second-order valence-corrected chi connectivity index (χ2v) is 3.02. The molecule has 1 aromatic heterocycles. The number of hydrogen-bond donors (Lipinski definition) is 1. The van der Waals surface area contributed by atoms with E-state index in [9.17, 15) is 0 Å². The zero-order chi connectivity index (χ0) is 9.14. The fraction of sp³-hybridized carbons (Fsp3) is 0.400. The molecular weight excluding hydrogens is 186 g/mol.